The maximum absolute atomic E-state index is 14.0. The minimum Gasteiger partial charge on any atom is -0.489 e. The monoisotopic (exact) mass is 697 g/mol. The Morgan fingerprint density at radius 3 is 2.24 bits per heavy atom. The number of aliphatic hydroxyl groups is 1. The summed E-state index contributed by atoms with van der Waals surface area (Å²) in [7, 11) is 5.44. The predicted octanol–water partition coefficient (Wildman–Crippen LogP) is 4.60. The molecule has 0 aromatic heterocycles. The number of hydrogen-bond donors (Lipinski definition) is 1. The number of methoxy groups -OCH3 is 1. The van der Waals surface area contributed by atoms with E-state index in [0.29, 0.717) is 19.3 Å². The van der Waals surface area contributed by atoms with Gasteiger partial charge in [-0.25, -0.2) is 0 Å². The molecule has 12 nitrogen and oxygen atoms in total. The molecular weight excluding hydrogens is 634 g/mol. The number of ether oxygens (including phenoxy) is 8. The summed E-state index contributed by atoms with van der Waals surface area (Å²) in [5.41, 5.74) is -0.645. The average Bonchev–Trinajstić information content (AvgIpc) is 3.35. The Morgan fingerprint density at radius 1 is 0.959 bits per heavy atom. The first-order valence-corrected chi connectivity index (χ1v) is 18.0. The molecule has 9 unspecified atom stereocenters. The van der Waals surface area contributed by atoms with E-state index in [2.05, 4.69) is 20.8 Å². The minimum atomic E-state index is -0.951. The zero-order valence-corrected chi connectivity index (χ0v) is 32.0. The highest BCUT2D eigenvalue weighted by atomic mass is 16.7. The van der Waals surface area contributed by atoms with Gasteiger partial charge in [-0.2, -0.15) is 0 Å². The molecule has 3 saturated heterocycles. The van der Waals surface area contributed by atoms with E-state index in [1.54, 1.807) is 14.0 Å². The van der Waals surface area contributed by atoms with Crippen LogP contribution in [0.2, 0.25) is 0 Å². The van der Waals surface area contributed by atoms with Gasteiger partial charge in [0.15, 0.2) is 18.7 Å². The molecule has 4 rings (SSSR count). The summed E-state index contributed by atoms with van der Waals surface area (Å²) in [5, 5.41) is 11.6. The zero-order chi connectivity index (χ0) is 36.6. The summed E-state index contributed by atoms with van der Waals surface area (Å²) in [4.78, 5) is 27.3. The van der Waals surface area contributed by atoms with E-state index in [-0.39, 0.29) is 42.5 Å². The highest BCUT2D eigenvalue weighted by Gasteiger charge is 2.54. The van der Waals surface area contributed by atoms with Gasteiger partial charge in [-0.3, -0.25) is 9.59 Å². The lowest BCUT2D eigenvalue weighted by molar-refractivity contribution is -0.317. The smallest absolute Gasteiger partial charge is 0.311 e. The first kappa shape index (κ1) is 40.0. The van der Waals surface area contributed by atoms with Crippen LogP contribution in [-0.2, 0) is 47.5 Å². The van der Waals surface area contributed by atoms with Gasteiger partial charge >= 0.3 is 5.97 Å². The van der Waals surface area contributed by atoms with Crippen molar-refractivity contribution in [3.8, 4) is 0 Å². The Bertz CT molecular complexity index is 1180. The van der Waals surface area contributed by atoms with Crippen molar-refractivity contribution in [2.45, 2.75) is 167 Å². The number of nitrogens with zero attached hydrogens (tertiary/aromatic N) is 1. The second-order valence-electron chi connectivity index (χ2n) is 16.0. The first-order chi connectivity index (χ1) is 22.8. The minimum absolute atomic E-state index is 0.0708. The van der Waals surface area contributed by atoms with Crippen molar-refractivity contribution in [3.63, 3.8) is 0 Å². The quantitative estimate of drug-likeness (QED) is 0.281. The van der Waals surface area contributed by atoms with Crippen LogP contribution in [0.4, 0.5) is 0 Å². The maximum atomic E-state index is 14.0. The van der Waals surface area contributed by atoms with Crippen molar-refractivity contribution in [3.05, 3.63) is 11.3 Å². The molecule has 282 valence electrons. The molecule has 4 aliphatic heterocycles. The number of esters is 1. The molecule has 1 N–H and O–H groups in total. The fourth-order valence-corrected chi connectivity index (χ4v) is 8.63. The first-order valence-electron chi connectivity index (χ1n) is 18.0. The highest BCUT2D eigenvalue weighted by molar-refractivity contribution is 5.73. The van der Waals surface area contributed by atoms with Crippen LogP contribution in [0, 0.1) is 23.7 Å². The highest BCUT2D eigenvalue weighted by Crippen LogP contribution is 2.47. The van der Waals surface area contributed by atoms with Crippen molar-refractivity contribution >= 4 is 12.4 Å². The third-order valence-electron chi connectivity index (χ3n) is 11.6. The van der Waals surface area contributed by atoms with Gasteiger partial charge in [-0.15, -0.1) is 0 Å². The van der Waals surface area contributed by atoms with Crippen molar-refractivity contribution in [2.24, 2.45) is 23.7 Å². The Hall–Kier alpha value is -1.80. The third kappa shape index (κ3) is 8.47. The van der Waals surface area contributed by atoms with E-state index in [4.69, 9.17) is 37.9 Å². The topological polar surface area (TPSA) is 131 Å². The molecule has 4 heterocycles. The summed E-state index contributed by atoms with van der Waals surface area (Å²) in [6.07, 6.45) is -3.64. The van der Waals surface area contributed by atoms with Gasteiger partial charge in [-0.1, -0.05) is 20.8 Å². The number of rotatable bonds is 8. The van der Waals surface area contributed by atoms with Gasteiger partial charge in [0, 0.05) is 37.8 Å². The van der Waals surface area contributed by atoms with E-state index in [1.165, 1.54) is 0 Å². The summed E-state index contributed by atoms with van der Waals surface area (Å²) >= 11 is 0. The summed E-state index contributed by atoms with van der Waals surface area (Å²) in [6, 6.07) is -0.180. The third-order valence-corrected chi connectivity index (χ3v) is 11.6. The lowest BCUT2D eigenvalue weighted by atomic mass is 9.79. The number of carbonyl (C=O) groups is 2. The Balaban J connectivity index is 1.78. The van der Waals surface area contributed by atoms with Gasteiger partial charge in [0.2, 0.25) is 0 Å². The van der Waals surface area contributed by atoms with E-state index >= 15 is 0 Å². The van der Waals surface area contributed by atoms with Crippen LogP contribution < -0.4 is 0 Å². The van der Waals surface area contributed by atoms with Crippen LogP contribution in [0.5, 0.6) is 0 Å². The van der Waals surface area contributed by atoms with Crippen LogP contribution in [0.3, 0.4) is 0 Å². The van der Waals surface area contributed by atoms with Crippen LogP contribution in [-0.4, -0.2) is 116 Å². The summed E-state index contributed by atoms with van der Waals surface area (Å²) in [5.74, 6) is -0.546. The maximum Gasteiger partial charge on any atom is 0.311 e. The van der Waals surface area contributed by atoms with E-state index in [9.17, 15) is 14.7 Å². The van der Waals surface area contributed by atoms with Crippen LogP contribution in [0.15, 0.2) is 11.3 Å². The summed E-state index contributed by atoms with van der Waals surface area (Å²) < 4.78 is 50.7. The Morgan fingerprint density at radius 2 is 1.63 bits per heavy atom. The largest absolute Gasteiger partial charge is 0.489 e. The van der Waals surface area contributed by atoms with Gasteiger partial charge < -0.3 is 47.9 Å². The molecule has 12 heteroatoms. The van der Waals surface area contributed by atoms with Crippen LogP contribution >= 0.6 is 0 Å². The molecule has 4 aliphatic rings. The molecule has 0 aliphatic carbocycles. The van der Waals surface area contributed by atoms with Crippen molar-refractivity contribution in [2.75, 3.05) is 21.2 Å². The van der Waals surface area contributed by atoms with Gasteiger partial charge in [-0.05, 0) is 86.9 Å². The molecule has 0 radical (unpaired) electrons. The Labute approximate surface area is 293 Å². The fraction of sp³-hybridized carbons (Fsp3) is 0.892. The molecule has 0 saturated carbocycles. The van der Waals surface area contributed by atoms with Crippen molar-refractivity contribution < 1.29 is 52.6 Å². The second-order valence-corrected chi connectivity index (χ2v) is 16.0. The van der Waals surface area contributed by atoms with Gasteiger partial charge in [0.25, 0.3) is 6.47 Å². The molecule has 0 amide bonds. The zero-order valence-electron chi connectivity index (χ0n) is 32.0. The molecule has 3 fully saturated rings. The van der Waals surface area contributed by atoms with Gasteiger partial charge in [0.1, 0.15) is 29.5 Å². The molecule has 2 bridgehead atoms. The molecule has 16 atom stereocenters. The average molecular weight is 698 g/mol. The predicted molar refractivity (Wildman–Crippen MR) is 181 cm³/mol. The van der Waals surface area contributed by atoms with Crippen molar-refractivity contribution in [1.82, 2.24) is 4.90 Å². The normalized spacial score (nSPS) is 47.0. The van der Waals surface area contributed by atoms with E-state index < -0.39 is 66.1 Å². The molecule has 49 heavy (non-hydrogen) atoms. The number of aliphatic hydroxyl groups excluding tert-OH is 1. The number of fused-ring (bicyclic) bond motifs is 2. The second kappa shape index (κ2) is 15.8. The lowest BCUT2D eigenvalue weighted by Crippen LogP contribution is -2.60. The van der Waals surface area contributed by atoms with Gasteiger partial charge in [0.05, 0.1) is 30.0 Å². The molecular formula is C37H63NO11. The van der Waals surface area contributed by atoms with Crippen molar-refractivity contribution in [1.29, 1.82) is 0 Å². The summed E-state index contributed by atoms with van der Waals surface area (Å²) in [6.45, 7) is 20.1. The lowest BCUT2D eigenvalue weighted by Gasteiger charge is -2.49. The molecule has 0 spiro atoms. The SMILES string of the molecule is COC1(C)CC(OC2[C@H](C)C(OC3O[C@H](C)CC(N(C)C)C3O)C3(C)CC(C)=C(O3)[C@H](C)C[C@@H](C)[C@@H](C)OC(=O)[C@@H]2C)O[C@@H](C)C1OC=O. The van der Waals surface area contributed by atoms with Crippen LogP contribution in [0.1, 0.15) is 94.9 Å². The molecule has 0 aromatic rings. The Kier molecular flexibility index (Phi) is 12.9. The number of likely N-dealkylation sites (N-methyl/N-ethyl adjacent to an activating group) is 1. The number of allylic oxidation sites excluding steroid dienone is 1. The van der Waals surface area contributed by atoms with E-state index in [0.717, 1.165) is 17.8 Å². The van der Waals surface area contributed by atoms with Crippen LogP contribution in [0.25, 0.3) is 0 Å². The van der Waals surface area contributed by atoms with E-state index in [1.807, 2.05) is 60.5 Å². The number of carbonyl (C=O) groups excluding carboxylic acids is 2. The number of cyclic esters (lactones) is 1. The fourth-order valence-electron chi connectivity index (χ4n) is 8.63. The molecule has 0 aromatic carbocycles. The standard InChI is InChI=1S/C37H63NO11/c1-19-14-20(2)30-21(3)16-37(10,49-30)32(48-35-29(40)27(38(11)12)15-22(4)44-35)23(5)31(24(6)34(41)46-25(19)7)47-28-17-36(9,42-13)33(43-18-39)26(8)45-28/h18-20,22-29,31-33,35,40H,14-17H2,1-13H3/t19-,20-,22-,23+,24-,25-,26+,27?,28?,29?,31?,32?,33?,35?,36?,37?/m1/s1. The number of hydrogen-bond acceptors (Lipinski definition) is 12.